The van der Waals surface area contributed by atoms with Gasteiger partial charge >= 0.3 is 0 Å². The molecule has 17 heavy (non-hydrogen) atoms. The lowest BCUT2D eigenvalue weighted by Crippen LogP contribution is -2.21. The van der Waals surface area contributed by atoms with Crippen molar-refractivity contribution >= 4 is 17.3 Å². The second kappa shape index (κ2) is 4.98. The van der Waals surface area contributed by atoms with Crippen molar-refractivity contribution in [1.82, 2.24) is 0 Å². The van der Waals surface area contributed by atoms with Crippen molar-refractivity contribution in [3.05, 3.63) is 28.8 Å². The number of rotatable bonds is 2. The van der Waals surface area contributed by atoms with E-state index in [0.29, 0.717) is 10.6 Å². The van der Waals surface area contributed by atoms with Gasteiger partial charge in [0.2, 0.25) is 0 Å². The van der Waals surface area contributed by atoms with E-state index in [1.807, 2.05) is 12.1 Å². The van der Waals surface area contributed by atoms with Crippen LogP contribution in [0.4, 0.5) is 5.69 Å². The topological polar surface area (TPSA) is 27.0 Å². The van der Waals surface area contributed by atoms with Crippen LogP contribution >= 0.6 is 11.6 Å². The molecule has 0 spiro atoms. The minimum Gasteiger partial charge on any atom is -0.370 e. The van der Waals surface area contributed by atoms with Gasteiger partial charge in [0.15, 0.2) is 0 Å². The van der Waals surface area contributed by atoms with Crippen molar-refractivity contribution in [2.75, 3.05) is 18.0 Å². The first-order valence-corrected chi connectivity index (χ1v) is 6.44. The summed E-state index contributed by atoms with van der Waals surface area (Å²) in [4.78, 5) is 2.33. The minimum atomic E-state index is 0.623. The van der Waals surface area contributed by atoms with Crippen LogP contribution < -0.4 is 4.90 Å². The van der Waals surface area contributed by atoms with Crippen LogP contribution in [0.1, 0.15) is 25.8 Å². The van der Waals surface area contributed by atoms with Crippen LogP contribution in [0.5, 0.6) is 0 Å². The molecule has 1 aromatic carbocycles. The molecule has 0 bridgehead atoms. The molecule has 1 heterocycles. The fraction of sp³-hybridized carbons (Fsp3) is 0.500. The standard InChI is InChI=1S/C14H17ClN2/c1-10(2)12-5-6-17(9-12)14-4-3-11(8-16)7-13(14)15/h3-4,7,10,12H,5-6,9H2,1-2H3. The molecular weight excluding hydrogens is 232 g/mol. The fourth-order valence-electron chi connectivity index (χ4n) is 2.38. The minimum absolute atomic E-state index is 0.623. The van der Waals surface area contributed by atoms with Gasteiger partial charge in [-0.05, 0) is 36.5 Å². The molecule has 0 radical (unpaired) electrons. The first kappa shape index (κ1) is 12.3. The summed E-state index contributed by atoms with van der Waals surface area (Å²) >= 11 is 6.22. The summed E-state index contributed by atoms with van der Waals surface area (Å²) in [7, 11) is 0. The second-order valence-corrected chi connectivity index (χ2v) is 5.42. The lowest BCUT2D eigenvalue weighted by Gasteiger charge is -2.21. The second-order valence-electron chi connectivity index (χ2n) is 5.02. The number of halogens is 1. The summed E-state index contributed by atoms with van der Waals surface area (Å²) in [5.74, 6) is 1.47. The Labute approximate surface area is 108 Å². The van der Waals surface area contributed by atoms with E-state index >= 15 is 0 Å². The van der Waals surface area contributed by atoms with Gasteiger partial charge in [0.1, 0.15) is 0 Å². The van der Waals surface area contributed by atoms with Gasteiger partial charge in [-0.3, -0.25) is 0 Å². The highest BCUT2D eigenvalue weighted by Gasteiger charge is 2.26. The Morgan fingerprint density at radius 1 is 1.47 bits per heavy atom. The van der Waals surface area contributed by atoms with E-state index in [0.717, 1.165) is 30.6 Å². The Balaban J connectivity index is 2.17. The summed E-state index contributed by atoms with van der Waals surface area (Å²) in [5, 5.41) is 9.50. The molecule has 0 N–H and O–H groups in total. The van der Waals surface area contributed by atoms with Crippen molar-refractivity contribution in [2.45, 2.75) is 20.3 Å². The van der Waals surface area contributed by atoms with Crippen molar-refractivity contribution in [1.29, 1.82) is 5.26 Å². The SMILES string of the molecule is CC(C)C1CCN(c2ccc(C#N)cc2Cl)C1. The maximum atomic E-state index is 8.81. The normalized spacial score (nSPS) is 19.7. The van der Waals surface area contributed by atoms with Crippen LogP contribution in [-0.2, 0) is 0 Å². The maximum absolute atomic E-state index is 8.81. The molecule has 1 fully saturated rings. The number of benzene rings is 1. The highest BCUT2D eigenvalue weighted by Crippen LogP contribution is 2.33. The van der Waals surface area contributed by atoms with E-state index < -0.39 is 0 Å². The van der Waals surface area contributed by atoms with E-state index in [2.05, 4.69) is 24.8 Å². The van der Waals surface area contributed by atoms with Crippen LogP contribution in [0.3, 0.4) is 0 Å². The van der Waals surface area contributed by atoms with Gasteiger partial charge in [0, 0.05) is 13.1 Å². The monoisotopic (exact) mass is 248 g/mol. The van der Waals surface area contributed by atoms with Crippen LogP contribution in [-0.4, -0.2) is 13.1 Å². The lowest BCUT2D eigenvalue weighted by molar-refractivity contribution is 0.423. The molecule has 0 amide bonds. The Morgan fingerprint density at radius 3 is 2.76 bits per heavy atom. The predicted molar refractivity (Wildman–Crippen MR) is 71.3 cm³/mol. The van der Waals surface area contributed by atoms with Crippen molar-refractivity contribution in [3.8, 4) is 6.07 Å². The molecule has 2 nitrogen and oxygen atoms in total. The first-order valence-electron chi connectivity index (χ1n) is 6.06. The van der Waals surface area contributed by atoms with Gasteiger partial charge in [-0.1, -0.05) is 25.4 Å². The van der Waals surface area contributed by atoms with E-state index in [9.17, 15) is 0 Å². The molecule has 0 aliphatic carbocycles. The number of nitrogens with zero attached hydrogens (tertiary/aromatic N) is 2. The molecule has 1 unspecified atom stereocenters. The highest BCUT2D eigenvalue weighted by molar-refractivity contribution is 6.33. The summed E-state index contributed by atoms with van der Waals surface area (Å²) in [6.45, 7) is 6.68. The molecule has 1 aromatic rings. The number of nitriles is 1. The zero-order chi connectivity index (χ0) is 12.4. The lowest BCUT2D eigenvalue weighted by atomic mass is 9.95. The maximum Gasteiger partial charge on any atom is 0.0992 e. The van der Waals surface area contributed by atoms with Gasteiger partial charge in [0.25, 0.3) is 0 Å². The number of hydrogen-bond acceptors (Lipinski definition) is 2. The Hall–Kier alpha value is -1.20. The smallest absolute Gasteiger partial charge is 0.0992 e. The first-order chi connectivity index (χ1) is 8.11. The Morgan fingerprint density at radius 2 is 2.24 bits per heavy atom. The average molecular weight is 249 g/mol. The summed E-state index contributed by atoms with van der Waals surface area (Å²) in [5.41, 5.74) is 1.69. The molecule has 0 saturated carbocycles. The molecule has 1 atom stereocenters. The molecule has 2 rings (SSSR count). The Kier molecular flexibility index (Phi) is 3.59. The largest absolute Gasteiger partial charge is 0.370 e. The average Bonchev–Trinajstić information content (AvgIpc) is 2.78. The Bertz CT molecular complexity index is 448. The van der Waals surface area contributed by atoms with Crippen LogP contribution in [0.25, 0.3) is 0 Å². The summed E-state index contributed by atoms with van der Waals surface area (Å²) in [6, 6.07) is 7.66. The van der Waals surface area contributed by atoms with Gasteiger partial charge in [-0.15, -0.1) is 0 Å². The molecule has 90 valence electrons. The van der Waals surface area contributed by atoms with Gasteiger partial charge in [-0.25, -0.2) is 0 Å². The van der Waals surface area contributed by atoms with Gasteiger partial charge < -0.3 is 4.90 Å². The molecule has 0 aromatic heterocycles. The van der Waals surface area contributed by atoms with Gasteiger partial charge in [0.05, 0.1) is 22.3 Å². The van der Waals surface area contributed by atoms with Gasteiger partial charge in [-0.2, -0.15) is 5.26 Å². The summed E-state index contributed by atoms with van der Waals surface area (Å²) < 4.78 is 0. The zero-order valence-corrected chi connectivity index (χ0v) is 11.0. The predicted octanol–water partition coefficient (Wildman–Crippen LogP) is 3.69. The van der Waals surface area contributed by atoms with Crippen LogP contribution in [0.15, 0.2) is 18.2 Å². The van der Waals surface area contributed by atoms with Crippen LogP contribution in [0.2, 0.25) is 5.02 Å². The summed E-state index contributed by atoms with van der Waals surface area (Å²) in [6.07, 6.45) is 1.23. The third kappa shape index (κ3) is 2.56. The van der Waals surface area contributed by atoms with E-state index in [-0.39, 0.29) is 0 Å². The van der Waals surface area contributed by atoms with E-state index in [1.165, 1.54) is 6.42 Å². The van der Waals surface area contributed by atoms with E-state index in [4.69, 9.17) is 16.9 Å². The quantitative estimate of drug-likeness (QED) is 0.798. The molecule has 3 heteroatoms. The van der Waals surface area contributed by atoms with Crippen molar-refractivity contribution in [3.63, 3.8) is 0 Å². The number of hydrogen-bond donors (Lipinski definition) is 0. The van der Waals surface area contributed by atoms with Crippen LogP contribution in [0, 0.1) is 23.2 Å². The fourth-order valence-corrected chi connectivity index (χ4v) is 2.68. The van der Waals surface area contributed by atoms with E-state index in [1.54, 1.807) is 6.07 Å². The molecule has 1 aliphatic heterocycles. The zero-order valence-electron chi connectivity index (χ0n) is 10.3. The number of anilines is 1. The molecule has 1 saturated heterocycles. The highest BCUT2D eigenvalue weighted by atomic mass is 35.5. The van der Waals surface area contributed by atoms with Crippen molar-refractivity contribution < 1.29 is 0 Å². The third-order valence-electron chi connectivity index (χ3n) is 3.58. The third-order valence-corrected chi connectivity index (χ3v) is 3.89. The van der Waals surface area contributed by atoms with Crippen molar-refractivity contribution in [2.24, 2.45) is 11.8 Å². The molecule has 1 aliphatic rings. The molecular formula is C14H17ClN2.